The quantitative estimate of drug-likeness (QED) is 0.728. The van der Waals surface area contributed by atoms with Crippen LogP contribution in [0.2, 0.25) is 0 Å². The minimum Gasteiger partial charge on any atom is -0.373 e. The minimum atomic E-state index is -3.26. The Labute approximate surface area is 146 Å². The molecule has 1 aromatic rings. The molecular weight excluding hydrogens is 324 g/mol. The number of ether oxygens (including phenoxy) is 1. The van der Waals surface area contributed by atoms with Gasteiger partial charge >= 0.3 is 0 Å². The van der Waals surface area contributed by atoms with E-state index in [2.05, 4.69) is 23.5 Å². The molecule has 1 heterocycles. The predicted octanol–water partition coefficient (Wildman–Crippen LogP) is 2.30. The molecule has 0 spiro atoms. The fraction of sp³-hybridized carbons (Fsp3) is 0.667. The lowest BCUT2D eigenvalue weighted by molar-refractivity contribution is -0.0681. The van der Waals surface area contributed by atoms with Crippen molar-refractivity contribution in [3.05, 3.63) is 35.4 Å². The highest BCUT2D eigenvalue weighted by molar-refractivity contribution is 7.88. The molecule has 0 bridgehead atoms. The van der Waals surface area contributed by atoms with Crippen LogP contribution in [-0.4, -0.2) is 51.7 Å². The van der Waals surface area contributed by atoms with E-state index in [1.54, 1.807) is 0 Å². The van der Waals surface area contributed by atoms with Gasteiger partial charge in [0.05, 0.1) is 18.0 Å². The van der Waals surface area contributed by atoms with Gasteiger partial charge in [0.15, 0.2) is 0 Å². The highest BCUT2D eigenvalue weighted by Gasteiger charge is 2.21. The van der Waals surface area contributed by atoms with Gasteiger partial charge in [-0.25, -0.2) is 13.1 Å². The fourth-order valence-electron chi connectivity index (χ4n) is 3.23. The second-order valence-corrected chi connectivity index (χ2v) is 8.67. The molecule has 1 aliphatic heterocycles. The van der Waals surface area contributed by atoms with Crippen LogP contribution in [0.3, 0.4) is 0 Å². The third kappa shape index (κ3) is 6.89. The number of nitrogens with one attached hydrogen (secondary N) is 1. The molecule has 1 fully saturated rings. The number of rotatable bonds is 8. The summed E-state index contributed by atoms with van der Waals surface area (Å²) in [5, 5.41) is 0. The molecule has 136 valence electrons. The van der Waals surface area contributed by atoms with Crippen LogP contribution in [0.1, 0.15) is 37.8 Å². The molecule has 1 aromatic carbocycles. The van der Waals surface area contributed by atoms with E-state index in [4.69, 9.17) is 4.74 Å². The largest absolute Gasteiger partial charge is 0.373 e. The topological polar surface area (TPSA) is 58.6 Å². The average Bonchev–Trinajstić information content (AvgIpc) is 2.45. The normalized spacial score (nSPS) is 22.6. The van der Waals surface area contributed by atoms with E-state index in [1.807, 2.05) is 31.2 Å². The van der Waals surface area contributed by atoms with E-state index in [0.29, 0.717) is 6.54 Å². The molecule has 0 unspecified atom stereocenters. The van der Waals surface area contributed by atoms with Gasteiger partial charge in [-0.1, -0.05) is 29.8 Å². The molecule has 0 aromatic heterocycles. The van der Waals surface area contributed by atoms with E-state index < -0.39 is 10.0 Å². The lowest BCUT2D eigenvalue weighted by Crippen LogP contribution is -2.45. The Kier molecular flexibility index (Phi) is 7.22. The Morgan fingerprint density at radius 2 is 1.92 bits per heavy atom. The zero-order valence-electron chi connectivity index (χ0n) is 15.0. The average molecular weight is 355 g/mol. The van der Waals surface area contributed by atoms with Gasteiger partial charge in [-0.15, -0.1) is 0 Å². The Morgan fingerprint density at radius 3 is 2.58 bits per heavy atom. The van der Waals surface area contributed by atoms with Gasteiger partial charge in [0.25, 0.3) is 0 Å². The highest BCUT2D eigenvalue weighted by atomic mass is 32.2. The van der Waals surface area contributed by atoms with Crippen molar-refractivity contribution in [3.8, 4) is 0 Å². The van der Waals surface area contributed by atoms with Crippen molar-refractivity contribution in [2.75, 3.05) is 26.2 Å². The maximum Gasteiger partial charge on any atom is 0.215 e. The number of hydrogen-bond acceptors (Lipinski definition) is 4. The third-order valence-electron chi connectivity index (χ3n) is 4.16. The molecule has 1 N–H and O–H groups in total. The zero-order valence-corrected chi connectivity index (χ0v) is 15.8. The first-order valence-electron chi connectivity index (χ1n) is 8.75. The minimum absolute atomic E-state index is 0.0488. The maximum absolute atomic E-state index is 12.1. The summed E-state index contributed by atoms with van der Waals surface area (Å²) in [7, 11) is -3.26. The lowest BCUT2D eigenvalue weighted by Gasteiger charge is -2.35. The van der Waals surface area contributed by atoms with Crippen molar-refractivity contribution >= 4 is 10.0 Å². The van der Waals surface area contributed by atoms with Crippen molar-refractivity contribution < 1.29 is 13.2 Å². The summed E-state index contributed by atoms with van der Waals surface area (Å²) in [6.07, 6.45) is 2.41. The van der Waals surface area contributed by atoms with Crippen molar-refractivity contribution in [1.29, 1.82) is 0 Å². The number of sulfonamides is 1. The van der Waals surface area contributed by atoms with Gasteiger partial charge in [-0.3, -0.25) is 4.90 Å². The first-order valence-corrected chi connectivity index (χ1v) is 10.4. The smallest absolute Gasteiger partial charge is 0.215 e. The molecule has 2 rings (SSSR count). The molecule has 5 nitrogen and oxygen atoms in total. The van der Waals surface area contributed by atoms with Crippen molar-refractivity contribution in [2.45, 2.75) is 51.6 Å². The van der Waals surface area contributed by atoms with Gasteiger partial charge in [0.2, 0.25) is 10.0 Å². The molecule has 0 aliphatic carbocycles. The molecular formula is C18H30N2O3S. The summed E-state index contributed by atoms with van der Waals surface area (Å²) < 4.78 is 32.7. The van der Waals surface area contributed by atoms with Crippen LogP contribution >= 0.6 is 0 Å². The van der Waals surface area contributed by atoms with Crippen LogP contribution in [0.15, 0.2) is 24.3 Å². The van der Waals surface area contributed by atoms with Crippen LogP contribution in [-0.2, 0) is 20.5 Å². The summed E-state index contributed by atoms with van der Waals surface area (Å²) in [4.78, 5) is 2.40. The van der Waals surface area contributed by atoms with Crippen molar-refractivity contribution in [3.63, 3.8) is 0 Å². The first-order chi connectivity index (χ1) is 11.3. The molecule has 0 amide bonds. The molecule has 24 heavy (non-hydrogen) atoms. The number of morpholine rings is 1. The fourth-order valence-corrected chi connectivity index (χ4v) is 4.40. The predicted molar refractivity (Wildman–Crippen MR) is 97.5 cm³/mol. The number of benzene rings is 1. The number of aryl methyl sites for hydroxylation is 1. The molecule has 2 atom stereocenters. The van der Waals surface area contributed by atoms with E-state index in [9.17, 15) is 8.42 Å². The summed E-state index contributed by atoms with van der Waals surface area (Å²) in [5.41, 5.74) is 1.91. The zero-order chi connectivity index (χ0) is 17.6. The van der Waals surface area contributed by atoms with Crippen LogP contribution in [0, 0.1) is 6.92 Å². The van der Waals surface area contributed by atoms with Gasteiger partial charge in [-0.05, 0) is 45.7 Å². The van der Waals surface area contributed by atoms with E-state index in [1.165, 1.54) is 0 Å². The number of unbranched alkanes of at least 4 members (excludes halogenated alkanes) is 1. The molecule has 6 heteroatoms. The summed E-state index contributed by atoms with van der Waals surface area (Å²) >= 11 is 0. The monoisotopic (exact) mass is 354 g/mol. The van der Waals surface area contributed by atoms with Crippen LogP contribution in [0.25, 0.3) is 0 Å². The number of hydrogen-bond donors (Lipinski definition) is 1. The first kappa shape index (κ1) is 19.4. The molecule has 0 saturated carbocycles. The highest BCUT2D eigenvalue weighted by Crippen LogP contribution is 2.11. The molecule has 0 radical (unpaired) electrons. The summed E-state index contributed by atoms with van der Waals surface area (Å²) in [6, 6.07) is 7.63. The van der Waals surface area contributed by atoms with Crippen molar-refractivity contribution in [2.24, 2.45) is 0 Å². The summed E-state index contributed by atoms with van der Waals surface area (Å²) in [6.45, 7) is 9.59. The Bertz CT molecular complexity index is 608. The second-order valence-electron chi connectivity index (χ2n) is 6.87. The van der Waals surface area contributed by atoms with Gasteiger partial charge in [-0.2, -0.15) is 0 Å². The Morgan fingerprint density at radius 1 is 1.21 bits per heavy atom. The SMILES string of the molecule is Cc1cccc(CS(=O)(=O)NCCCCN2C[C@@H](C)O[C@H](C)C2)c1. The van der Waals surface area contributed by atoms with Gasteiger partial charge in [0, 0.05) is 19.6 Å². The van der Waals surface area contributed by atoms with Crippen LogP contribution in [0.5, 0.6) is 0 Å². The van der Waals surface area contributed by atoms with E-state index in [-0.39, 0.29) is 18.0 Å². The van der Waals surface area contributed by atoms with E-state index >= 15 is 0 Å². The van der Waals surface area contributed by atoms with E-state index in [0.717, 1.165) is 43.6 Å². The van der Waals surface area contributed by atoms with Crippen LogP contribution < -0.4 is 4.72 Å². The van der Waals surface area contributed by atoms with Crippen molar-refractivity contribution in [1.82, 2.24) is 9.62 Å². The third-order valence-corrected chi connectivity index (χ3v) is 5.51. The number of nitrogens with zero attached hydrogens (tertiary/aromatic N) is 1. The van der Waals surface area contributed by atoms with Gasteiger partial charge in [0.1, 0.15) is 0 Å². The Hall–Kier alpha value is -0.950. The van der Waals surface area contributed by atoms with Gasteiger partial charge < -0.3 is 4.74 Å². The Balaban J connectivity index is 1.66. The lowest BCUT2D eigenvalue weighted by atomic mass is 10.2. The van der Waals surface area contributed by atoms with Crippen LogP contribution in [0.4, 0.5) is 0 Å². The second kappa shape index (κ2) is 8.94. The summed E-state index contributed by atoms with van der Waals surface area (Å²) in [5.74, 6) is 0.0488. The molecule has 1 saturated heterocycles. The molecule has 1 aliphatic rings. The maximum atomic E-state index is 12.1. The standard InChI is InChI=1S/C18H30N2O3S/c1-15-7-6-8-18(11-15)14-24(21,22)19-9-4-5-10-20-12-16(2)23-17(3)13-20/h6-8,11,16-17,19H,4-5,9-10,12-14H2,1-3H3/t16-,17-/m1/s1.